The molecule has 0 amide bonds. The molecule has 0 saturated heterocycles. The number of benzene rings is 6. The number of phenolic OH excluding ortho intramolecular Hbond substituents is 2. The molecule has 0 fully saturated rings. The lowest BCUT2D eigenvalue weighted by Gasteiger charge is -2.19. The third kappa shape index (κ3) is 8.76. The molecular formula is C47H43I3O12. The molecule has 0 bridgehead atoms. The van der Waals surface area contributed by atoms with Gasteiger partial charge in [-0.3, -0.25) is 0 Å². The van der Waals surface area contributed by atoms with Crippen LogP contribution >= 0.6 is 59.8 Å². The molecular weight excluding hydrogens is 1140 g/mol. The minimum atomic E-state index is -0.796. The maximum Gasteiger partial charge on any atom is 0.342 e. The van der Waals surface area contributed by atoms with E-state index in [4.69, 9.17) is 33.2 Å². The molecule has 0 aromatic heterocycles. The van der Waals surface area contributed by atoms with Gasteiger partial charge >= 0.3 is 17.9 Å². The van der Waals surface area contributed by atoms with E-state index < -0.39 is 17.9 Å². The largest absolute Gasteiger partial charge is 0.507 e. The molecule has 6 aromatic rings. The van der Waals surface area contributed by atoms with Crippen LogP contribution in [0.15, 0.2) is 60.7 Å². The van der Waals surface area contributed by atoms with Gasteiger partial charge in [-0.15, -0.1) is 0 Å². The summed E-state index contributed by atoms with van der Waals surface area (Å²) in [5.74, 6) is 0.322. The van der Waals surface area contributed by atoms with Crippen LogP contribution in [-0.4, -0.2) is 59.9 Å². The SMILES string of the molecule is CCOC(=O)c1c(C(=O)OCC)c(-c2ccc3c(c2)OCO3)c2cc(C)c(C)cc2c1O.CI.Cc1cc2c(O)c3c(c(-c4ccc5c(c4)OCO5)c2cc1C)C(=O)OC3.II. The lowest BCUT2D eigenvalue weighted by atomic mass is 9.87. The monoisotopic (exact) mass is 1180 g/mol. The first-order valence-corrected chi connectivity index (χ1v) is 27.8. The first-order chi connectivity index (χ1) is 29.9. The summed E-state index contributed by atoms with van der Waals surface area (Å²) in [6.07, 6.45) is 0. The van der Waals surface area contributed by atoms with Crippen molar-refractivity contribution >= 4 is 99.3 Å². The van der Waals surface area contributed by atoms with Crippen molar-refractivity contribution in [2.75, 3.05) is 31.7 Å². The van der Waals surface area contributed by atoms with Crippen LogP contribution in [0.3, 0.4) is 0 Å². The highest BCUT2D eigenvalue weighted by Crippen LogP contribution is 2.48. The number of aryl methyl sites for hydroxylation is 4. The summed E-state index contributed by atoms with van der Waals surface area (Å²) < 4.78 is 37.6. The summed E-state index contributed by atoms with van der Waals surface area (Å²) in [6.45, 7) is 11.8. The molecule has 3 aliphatic heterocycles. The molecule has 0 aliphatic carbocycles. The number of cyclic esters (lactones) is 1. The number of ether oxygens (including phenoxy) is 7. The highest BCUT2D eigenvalue weighted by atomic mass is 128. The molecule has 12 nitrogen and oxygen atoms in total. The van der Waals surface area contributed by atoms with Gasteiger partial charge < -0.3 is 43.4 Å². The highest BCUT2D eigenvalue weighted by Gasteiger charge is 2.33. The van der Waals surface area contributed by atoms with E-state index >= 15 is 0 Å². The molecule has 3 heterocycles. The fraction of sp³-hybridized carbons (Fsp3) is 0.255. The number of hydrogen-bond donors (Lipinski definition) is 2. The predicted molar refractivity (Wildman–Crippen MR) is 262 cm³/mol. The number of hydrogen-bond acceptors (Lipinski definition) is 12. The van der Waals surface area contributed by atoms with Crippen LogP contribution in [0.2, 0.25) is 0 Å². The number of aromatic hydroxyl groups is 2. The lowest BCUT2D eigenvalue weighted by Crippen LogP contribution is -2.16. The second kappa shape index (κ2) is 20.2. The van der Waals surface area contributed by atoms with Gasteiger partial charge in [0.15, 0.2) is 23.0 Å². The molecule has 9 rings (SSSR count). The Balaban J connectivity index is 0.000000195. The molecule has 2 N–H and O–H groups in total. The molecule has 3 aliphatic rings. The van der Waals surface area contributed by atoms with Crippen LogP contribution < -0.4 is 18.9 Å². The molecule has 324 valence electrons. The molecule has 0 spiro atoms. The molecule has 6 aromatic carbocycles. The van der Waals surface area contributed by atoms with E-state index in [0.717, 1.165) is 44.2 Å². The van der Waals surface area contributed by atoms with Crippen molar-refractivity contribution in [1.82, 2.24) is 0 Å². The molecule has 15 heteroatoms. The third-order valence-electron chi connectivity index (χ3n) is 10.7. The van der Waals surface area contributed by atoms with Gasteiger partial charge in [0, 0.05) is 64.7 Å². The first-order valence-electron chi connectivity index (χ1n) is 19.3. The maximum atomic E-state index is 13.2. The van der Waals surface area contributed by atoms with E-state index in [1.807, 2.05) is 69.0 Å². The van der Waals surface area contributed by atoms with E-state index in [2.05, 4.69) is 59.8 Å². The van der Waals surface area contributed by atoms with Gasteiger partial charge in [-0.25, -0.2) is 14.4 Å². The zero-order valence-corrected chi connectivity index (χ0v) is 41.4. The fourth-order valence-corrected chi connectivity index (χ4v) is 7.61. The second-order valence-corrected chi connectivity index (χ2v) is 14.2. The Hall–Kier alpha value is -4.76. The Bertz CT molecular complexity index is 2750. The van der Waals surface area contributed by atoms with Crippen molar-refractivity contribution in [2.45, 2.75) is 48.1 Å². The summed E-state index contributed by atoms with van der Waals surface area (Å²) in [5, 5.41) is 24.5. The standard InChI is InChI=1S/C25H24O7.C21H16O5.CH3I.I2/c1-5-29-24(27)21-20(15-7-8-18-19(11-15)32-12-31-18)16-9-13(3)14(4)10-17(16)23(26)22(21)25(28)30-6-2;1-10-5-13-14(6-11(10)2)20(22)15-8-24-21(23)19(15)18(13)12-3-4-16-17(7-12)26-9-25-16;2*1-2/h7-11,26H,5-6,12H2,1-4H3;3-7,22H,8-9H2,1-2H3;1H3;. The Morgan fingerprint density at radius 1 is 0.565 bits per heavy atom. The van der Waals surface area contributed by atoms with Gasteiger partial charge in [-0.2, -0.15) is 0 Å². The average molecular weight is 1180 g/mol. The molecule has 0 saturated carbocycles. The number of halogens is 3. The van der Waals surface area contributed by atoms with Crippen molar-refractivity contribution in [2.24, 2.45) is 0 Å². The number of rotatable bonds is 6. The van der Waals surface area contributed by atoms with Crippen molar-refractivity contribution in [3.05, 3.63) is 105 Å². The smallest absolute Gasteiger partial charge is 0.342 e. The minimum Gasteiger partial charge on any atom is -0.507 e. The van der Waals surface area contributed by atoms with Crippen molar-refractivity contribution in [1.29, 1.82) is 0 Å². The van der Waals surface area contributed by atoms with Crippen LogP contribution in [0.5, 0.6) is 34.5 Å². The van der Waals surface area contributed by atoms with Crippen LogP contribution in [0, 0.1) is 27.7 Å². The quantitative estimate of drug-likeness (QED) is 0.0705. The summed E-state index contributed by atoms with van der Waals surface area (Å²) in [5.41, 5.74) is 7.45. The van der Waals surface area contributed by atoms with Gasteiger partial charge in [0.2, 0.25) is 13.6 Å². The van der Waals surface area contributed by atoms with Gasteiger partial charge in [-0.1, -0.05) is 46.9 Å². The molecule has 0 atom stereocenters. The zero-order chi connectivity index (χ0) is 45.0. The number of fused-ring (bicyclic) bond motifs is 5. The Morgan fingerprint density at radius 3 is 1.48 bits per heavy atom. The van der Waals surface area contributed by atoms with Gasteiger partial charge in [0.1, 0.15) is 23.7 Å². The summed E-state index contributed by atoms with van der Waals surface area (Å²) in [4.78, 5) is 40.5. The van der Waals surface area contributed by atoms with E-state index in [9.17, 15) is 24.6 Å². The minimum absolute atomic E-state index is 0.0441. The van der Waals surface area contributed by atoms with Crippen LogP contribution in [0.1, 0.15) is 72.7 Å². The van der Waals surface area contributed by atoms with Gasteiger partial charge in [0.25, 0.3) is 0 Å². The van der Waals surface area contributed by atoms with Crippen LogP contribution in [0.4, 0.5) is 0 Å². The Kier molecular flexibility index (Phi) is 15.2. The number of phenols is 2. The molecule has 0 radical (unpaired) electrons. The van der Waals surface area contributed by atoms with Crippen molar-refractivity contribution in [3.63, 3.8) is 0 Å². The van der Waals surface area contributed by atoms with Crippen LogP contribution in [0.25, 0.3) is 43.8 Å². The van der Waals surface area contributed by atoms with Gasteiger partial charge in [-0.05, 0) is 127 Å². The number of esters is 3. The van der Waals surface area contributed by atoms with E-state index in [0.29, 0.717) is 56.0 Å². The summed E-state index contributed by atoms with van der Waals surface area (Å²) in [6, 6.07) is 18.6. The van der Waals surface area contributed by atoms with E-state index in [-0.39, 0.29) is 56.0 Å². The van der Waals surface area contributed by atoms with Crippen molar-refractivity contribution < 1.29 is 57.8 Å². The third-order valence-corrected chi connectivity index (χ3v) is 10.7. The molecule has 62 heavy (non-hydrogen) atoms. The average Bonchev–Trinajstić information content (AvgIpc) is 4.04. The van der Waals surface area contributed by atoms with E-state index in [1.54, 1.807) is 38.1 Å². The fourth-order valence-electron chi connectivity index (χ4n) is 7.61. The predicted octanol–water partition coefficient (Wildman–Crippen LogP) is 12.0. The number of carbonyl (C=O) groups is 3. The Morgan fingerprint density at radius 2 is 0.984 bits per heavy atom. The number of alkyl halides is 1. The zero-order valence-electron chi connectivity index (χ0n) is 34.9. The first kappa shape index (κ1) is 46.7. The normalized spacial score (nSPS) is 12.6. The number of carbonyl (C=O) groups excluding carboxylic acids is 3. The van der Waals surface area contributed by atoms with Crippen LogP contribution in [-0.2, 0) is 20.8 Å². The van der Waals surface area contributed by atoms with Gasteiger partial charge in [0.05, 0.1) is 24.3 Å². The highest BCUT2D eigenvalue weighted by molar-refractivity contribution is 15.0. The summed E-state index contributed by atoms with van der Waals surface area (Å²) >= 11 is 6.39. The molecule has 0 unspecified atom stereocenters. The maximum absolute atomic E-state index is 13.2. The second-order valence-electron chi connectivity index (χ2n) is 14.2. The topological polar surface area (TPSA) is 156 Å². The van der Waals surface area contributed by atoms with Crippen molar-refractivity contribution in [3.8, 4) is 56.8 Å². The van der Waals surface area contributed by atoms with E-state index in [1.165, 1.54) is 0 Å². The Labute approximate surface area is 395 Å². The lowest BCUT2D eigenvalue weighted by molar-refractivity contribution is 0.0477. The summed E-state index contributed by atoms with van der Waals surface area (Å²) in [7, 11) is 0.